The molecule has 0 bridgehead atoms. The summed E-state index contributed by atoms with van der Waals surface area (Å²) in [5.74, 6) is -0.421. The van der Waals surface area contributed by atoms with Gasteiger partial charge in [-0.1, -0.05) is 0 Å². The quantitative estimate of drug-likeness (QED) is 0.801. The van der Waals surface area contributed by atoms with Crippen LogP contribution in [0.3, 0.4) is 0 Å². The Morgan fingerprint density at radius 3 is 2.50 bits per heavy atom. The van der Waals surface area contributed by atoms with Crippen molar-refractivity contribution in [1.29, 1.82) is 0 Å². The van der Waals surface area contributed by atoms with Crippen LogP contribution in [0.15, 0.2) is 0 Å². The smallest absolute Gasteiger partial charge is 0.306 e. The highest BCUT2D eigenvalue weighted by molar-refractivity contribution is 5.76. The average molecular weight is 339 g/mol. The van der Waals surface area contributed by atoms with Crippen LogP contribution >= 0.6 is 0 Å². The number of hydrogen-bond donors (Lipinski definition) is 2. The van der Waals surface area contributed by atoms with Crippen molar-refractivity contribution in [3.05, 3.63) is 0 Å². The molecule has 24 heavy (non-hydrogen) atoms. The second kappa shape index (κ2) is 7.40. The van der Waals surface area contributed by atoms with Crippen molar-refractivity contribution >= 4 is 11.9 Å². The zero-order valence-electron chi connectivity index (χ0n) is 14.5. The molecule has 0 aromatic rings. The minimum absolute atomic E-state index is 0.122. The van der Waals surface area contributed by atoms with Crippen LogP contribution in [0, 0.1) is 11.8 Å². The number of ether oxygens (including phenoxy) is 2. The van der Waals surface area contributed by atoms with Crippen molar-refractivity contribution in [2.45, 2.75) is 75.5 Å². The Labute approximate surface area is 143 Å². The lowest BCUT2D eigenvalue weighted by Crippen LogP contribution is -2.56. The van der Waals surface area contributed by atoms with Crippen LogP contribution in [0.2, 0.25) is 0 Å². The summed E-state index contributed by atoms with van der Waals surface area (Å²) >= 11 is 0. The Morgan fingerprint density at radius 1 is 1.17 bits per heavy atom. The molecule has 1 aliphatic heterocycles. The molecular formula is C18H29NO5. The third kappa shape index (κ3) is 4.09. The molecule has 0 radical (unpaired) electrons. The van der Waals surface area contributed by atoms with Crippen molar-refractivity contribution in [1.82, 2.24) is 5.32 Å². The van der Waals surface area contributed by atoms with Crippen molar-refractivity contribution < 1.29 is 24.2 Å². The summed E-state index contributed by atoms with van der Waals surface area (Å²) < 4.78 is 11.2. The van der Waals surface area contributed by atoms with Gasteiger partial charge in [-0.25, -0.2) is 0 Å². The van der Waals surface area contributed by atoms with Gasteiger partial charge >= 0.3 is 5.97 Å². The normalized spacial score (nSPS) is 39.2. The van der Waals surface area contributed by atoms with Gasteiger partial charge in [0, 0.05) is 26.2 Å². The van der Waals surface area contributed by atoms with Crippen molar-refractivity contribution in [2.24, 2.45) is 11.8 Å². The molecular weight excluding hydrogens is 310 g/mol. The number of hydrogen-bond acceptors (Lipinski definition) is 4. The first kappa shape index (κ1) is 17.7. The highest BCUT2D eigenvalue weighted by atomic mass is 16.5. The van der Waals surface area contributed by atoms with Gasteiger partial charge in [0.15, 0.2) is 0 Å². The van der Waals surface area contributed by atoms with Gasteiger partial charge in [-0.3, -0.25) is 9.59 Å². The molecule has 136 valence electrons. The lowest BCUT2D eigenvalue weighted by atomic mass is 9.66. The Balaban J connectivity index is 1.41. The molecule has 1 atom stereocenters. The van der Waals surface area contributed by atoms with Crippen molar-refractivity contribution in [2.75, 3.05) is 13.7 Å². The summed E-state index contributed by atoms with van der Waals surface area (Å²) in [4.78, 5) is 23.3. The fourth-order valence-electron chi connectivity index (χ4n) is 4.57. The van der Waals surface area contributed by atoms with E-state index in [4.69, 9.17) is 14.6 Å². The van der Waals surface area contributed by atoms with E-state index in [1.807, 2.05) is 0 Å². The number of aliphatic carboxylic acids is 1. The number of carboxylic acids is 1. The first-order chi connectivity index (χ1) is 11.5. The number of carboxylic acid groups (broad SMARTS) is 1. The van der Waals surface area contributed by atoms with E-state index >= 15 is 0 Å². The summed E-state index contributed by atoms with van der Waals surface area (Å²) in [5.41, 5.74) is -0.310. The summed E-state index contributed by atoms with van der Waals surface area (Å²) in [7, 11) is 1.76. The second-order valence-electron chi connectivity index (χ2n) is 7.81. The number of carbonyl (C=O) groups is 2. The highest BCUT2D eigenvalue weighted by Crippen LogP contribution is 2.46. The topological polar surface area (TPSA) is 84.9 Å². The van der Waals surface area contributed by atoms with Crippen LogP contribution in [0.4, 0.5) is 0 Å². The van der Waals surface area contributed by atoms with Crippen LogP contribution in [-0.2, 0) is 19.1 Å². The Hall–Kier alpha value is -1.14. The SMILES string of the molecule is COC1CCC(CC(=O)NC2CCOC3(C2)CC(C(=O)O)C3)CC1. The summed E-state index contributed by atoms with van der Waals surface area (Å²) in [5, 5.41) is 12.2. The molecule has 3 fully saturated rings. The molecule has 6 nitrogen and oxygen atoms in total. The van der Waals surface area contributed by atoms with Gasteiger partial charge in [0.05, 0.1) is 17.6 Å². The molecule has 1 saturated heterocycles. The second-order valence-corrected chi connectivity index (χ2v) is 7.81. The van der Waals surface area contributed by atoms with E-state index in [0.29, 0.717) is 37.9 Å². The van der Waals surface area contributed by atoms with E-state index < -0.39 is 5.97 Å². The van der Waals surface area contributed by atoms with E-state index in [2.05, 4.69) is 5.32 Å². The van der Waals surface area contributed by atoms with Crippen molar-refractivity contribution in [3.8, 4) is 0 Å². The monoisotopic (exact) mass is 339 g/mol. The third-order valence-electron chi connectivity index (χ3n) is 6.05. The molecule has 1 heterocycles. The minimum Gasteiger partial charge on any atom is -0.481 e. The number of methoxy groups -OCH3 is 1. The molecule has 1 unspecified atom stereocenters. The van der Waals surface area contributed by atoms with Gasteiger partial charge in [-0.05, 0) is 57.3 Å². The van der Waals surface area contributed by atoms with Gasteiger partial charge in [0.25, 0.3) is 0 Å². The Kier molecular flexibility index (Phi) is 5.45. The standard InChI is InChI=1S/C18H29NO5/c1-23-15-4-2-12(3-5-15)8-16(20)19-14-6-7-24-18(11-14)9-13(10-18)17(21)22/h12-15H,2-11H2,1H3,(H,19,20)(H,21,22). The predicted octanol–water partition coefficient (Wildman–Crippen LogP) is 2.11. The molecule has 3 rings (SSSR count). The van der Waals surface area contributed by atoms with Crippen LogP contribution in [0.1, 0.15) is 57.8 Å². The van der Waals surface area contributed by atoms with E-state index in [9.17, 15) is 9.59 Å². The van der Waals surface area contributed by atoms with E-state index in [1.165, 1.54) is 0 Å². The van der Waals surface area contributed by atoms with Gasteiger partial charge in [-0.2, -0.15) is 0 Å². The summed E-state index contributed by atoms with van der Waals surface area (Å²) in [6.07, 6.45) is 7.90. The minimum atomic E-state index is -0.734. The number of carbonyl (C=O) groups excluding carboxylic acids is 1. The third-order valence-corrected chi connectivity index (χ3v) is 6.05. The van der Waals surface area contributed by atoms with Crippen LogP contribution in [0.5, 0.6) is 0 Å². The van der Waals surface area contributed by atoms with Crippen molar-refractivity contribution in [3.63, 3.8) is 0 Å². The first-order valence-electron chi connectivity index (χ1n) is 9.18. The molecule has 1 amide bonds. The van der Waals surface area contributed by atoms with Gasteiger partial charge in [0.1, 0.15) is 0 Å². The molecule has 2 saturated carbocycles. The summed E-state index contributed by atoms with van der Waals surface area (Å²) in [6, 6.07) is 0.122. The molecule has 0 aromatic heterocycles. The average Bonchev–Trinajstić information content (AvgIpc) is 2.53. The van der Waals surface area contributed by atoms with E-state index in [-0.39, 0.29) is 23.5 Å². The van der Waals surface area contributed by atoms with E-state index in [1.54, 1.807) is 7.11 Å². The van der Waals surface area contributed by atoms with Crippen LogP contribution in [-0.4, -0.2) is 48.4 Å². The van der Waals surface area contributed by atoms with E-state index in [0.717, 1.165) is 38.5 Å². The Bertz CT molecular complexity index is 466. The Morgan fingerprint density at radius 2 is 1.88 bits per heavy atom. The van der Waals surface area contributed by atoms with Gasteiger partial charge in [-0.15, -0.1) is 0 Å². The predicted molar refractivity (Wildman–Crippen MR) is 87.6 cm³/mol. The molecule has 3 aliphatic rings. The molecule has 2 aliphatic carbocycles. The fraction of sp³-hybridized carbons (Fsp3) is 0.889. The maximum atomic E-state index is 12.3. The lowest BCUT2D eigenvalue weighted by Gasteiger charge is -2.50. The maximum absolute atomic E-state index is 12.3. The fourth-order valence-corrected chi connectivity index (χ4v) is 4.57. The molecule has 1 spiro atoms. The van der Waals surface area contributed by atoms with Crippen LogP contribution < -0.4 is 5.32 Å². The molecule has 6 heteroatoms. The zero-order valence-corrected chi connectivity index (χ0v) is 14.5. The molecule has 0 aromatic carbocycles. The molecule has 2 N–H and O–H groups in total. The maximum Gasteiger partial charge on any atom is 0.306 e. The number of nitrogens with one attached hydrogen (secondary N) is 1. The number of amides is 1. The first-order valence-corrected chi connectivity index (χ1v) is 9.18. The lowest BCUT2D eigenvalue weighted by molar-refractivity contribution is -0.182. The van der Waals surface area contributed by atoms with Gasteiger partial charge < -0.3 is 19.9 Å². The van der Waals surface area contributed by atoms with Gasteiger partial charge in [0.2, 0.25) is 5.91 Å². The zero-order chi connectivity index (χ0) is 17.2. The number of rotatable bonds is 5. The largest absolute Gasteiger partial charge is 0.481 e. The highest BCUT2D eigenvalue weighted by Gasteiger charge is 2.51. The van der Waals surface area contributed by atoms with Crippen LogP contribution in [0.25, 0.3) is 0 Å². The summed E-state index contributed by atoms with van der Waals surface area (Å²) in [6.45, 7) is 0.607.